The summed E-state index contributed by atoms with van der Waals surface area (Å²) in [6, 6.07) is 15.9. The van der Waals surface area contributed by atoms with Crippen LogP contribution in [0.5, 0.6) is 11.5 Å². The van der Waals surface area contributed by atoms with Gasteiger partial charge in [-0.15, -0.1) is 0 Å². The van der Waals surface area contributed by atoms with Crippen LogP contribution in [0.15, 0.2) is 59.6 Å². The highest BCUT2D eigenvalue weighted by atomic mass is 32.2. The van der Waals surface area contributed by atoms with Crippen molar-refractivity contribution in [2.45, 2.75) is 36.5 Å². The summed E-state index contributed by atoms with van der Waals surface area (Å²) < 4.78 is 15.5. The monoisotopic (exact) mass is 573 g/mol. The third-order valence-corrected chi connectivity index (χ3v) is 7.54. The summed E-state index contributed by atoms with van der Waals surface area (Å²) >= 11 is 1.10. The molecule has 0 N–H and O–H groups in total. The topological polar surface area (TPSA) is 136 Å². The van der Waals surface area contributed by atoms with Crippen LogP contribution in [-0.2, 0) is 14.3 Å². The molecule has 0 bridgehead atoms. The van der Waals surface area contributed by atoms with Gasteiger partial charge in [0, 0.05) is 17.7 Å². The number of carbonyl (C=O) groups excluding carboxylic acids is 4. The number of ketones is 1. The predicted octanol–water partition coefficient (Wildman–Crippen LogP) is 4.56. The van der Waals surface area contributed by atoms with E-state index in [9.17, 15) is 24.4 Å². The van der Waals surface area contributed by atoms with Crippen molar-refractivity contribution in [3.63, 3.8) is 0 Å². The van der Waals surface area contributed by atoms with Gasteiger partial charge < -0.3 is 14.2 Å². The van der Waals surface area contributed by atoms with Gasteiger partial charge in [0.05, 0.1) is 36.3 Å². The molecule has 1 fully saturated rings. The van der Waals surface area contributed by atoms with Crippen LogP contribution >= 0.6 is 11.8 Å². The first-order valence-corrected chi connectivity index (χ1v) is 13.5. The fourth-order valence-corrected chi connectivity index (χ4v) is 5.21. The van der Waals surface area contributed by atoms with Gasteiger partial charge in [-0.1, -0.05) is 25.6 Å². The zero-order valence-corrected chi connectivity index (χ0v) is 23.7. The van der Waals surface area contributed by atoms with Crippen molar-refractivity contribution in [3.8, 4) is 17.6 Å². The Morgan fingerprint density at radius 3 is 2.34 bits per heavy atom. The number of esters is 1. The molecule has 10 nitrogen and oxygen atoms in total. The standard InChI is InChI=1S/C30H27N3O7S/c1-17(2)22-11-7-20(15-31)28(32-22)41-26-14-27(35)33(29(26)36)21-9-5-18(6-10-21)30(37)40-16-23(34)19-8-12-24(38-3)25(13-19)39-4/h5-13,17,26H,14,16H2,1-4H3. The summed E-state index contributed by atoms with van der Waals surface area (Å²) in [4.78, 5) is 56.6. The summed E-state index contributed by atoms with van der Waals surface area (Å²) in [5.74, 6) is -1.03. The number of imide groups is 1. The van der Waals surface area contributed by atoms with E-state index in [0.717, 1.165) is 22.4 Å². The molecular formula is C30H27N3O7S. The van der Waals surface area contributed by atoms with E-state index in [-0.39, 0.29) is 23.5 Å². The Kier molecular flexibility index (Phi) is 9.04. The van der Waals surface area contributed by atoms with E-state index in [2.05, 4.69) is 11.1 Å². The number of pyridine rings is 1. The molecule has 1 aromatic heterocycles. The van der Waals surface area contributed by atoms with Crippen molar-refractivity contribution in [2.75, 3.05) is 25.7 Å². The summed E-state index contributed by atoms with van der Waals surface area (Å²) in [7, 11) is 2.93. The third kappa shape index (κ3) is 6.39. The van der Waals surface area contributed by atoms with Gasteiger partial charge in [0.25, 0.3) is 0 Å². The summed E-state index contributed by atoms with van der Waals surface area (Å²) in [6.45, 7) is 3.46. The number of Topliss-reactive ketones (excluding diaryl/α,β-unsaturated/α-hetero) is 1. The number of anilines is 1. The van der Waals surface area contributed by atoms with E-state index < -0.39 is 35.4 Å². The molecule has 1 saturated heterocycles. The zero-order valence-electron chi connectivity index (χ0n) is 22.9. The second kappa shape index (κ2) is 12.7. The van der Waals surface area contributed by atoms with Gasteiger partial charge in [0.2, 0.25) is 11.8 Å². The molecule has 210 valence electrons. The van der Waals surface area contributed by atoms with Crippen molar-refractivity contribution < 1.29 is 33.4 Å². The maximum Gasteiger partial charge on any atom is 0.338 e. The number of nitrogens with zero attached hydrogens (tertiary/aromatic N) is 3. The Balaban J connectivity index is 1.41. The maximum absolute atomic E-state index is 13.2. The van der Waals surface area contributed by atoms with Gasteiger partial charge in [-0.2, -0.15) is 5.26 Å². The molecule has 1 atom stereocenters. The average Bonchev–Trinajstić information content (AvgIpc) is 3.26. The fourth-order valence-electron chi connectivity index (χ4n) is 4.11. The maximum atomic E-state index is 13.2. The number of nitriles is 1. The summed E-state index contributed by atoms with van der Waals surface area (Å²) in [5, 5.41) is 9.15. The second-order valence-electron chi connectivity index (χ2n) is 9.35. The first-order chi connectivity index (χ1) is 19.7. The van der Waals surface area contributed by atoms with Crippen LogP contribution in [0.1, 0.15) is 58.2 Å². The first kappa shape index (κ1) is 29.3. The minimum absolute atomic E-state index is 0.0516. The lowest BCUT2D eigenvalue weighted by atomic mass is 10.1. The molecular weight excluding hydrogens is 546 g/mol. The van der Waals surface area contributed by atoms with Crippen LogP contribution in [0.3, 0.4) is 0 Å². The molecule has 1 unspecified atom stereocenters. The van der Waals surface area contributed by atoms with Crippen molar-refractivity contribution in [2.24, 2.45) is 0 Å². The summed E-state index contributed by atoms with van der Waals surface area (Å²) in [5.41, 5.74) is 1.86. The Hall–Kier alpha value is -4.69. The van der Waals surface area contributed by atoms with Crippen LogP contribution in [0.4, 0.5) is 5.69 Å². The molecule has 41 heavy (non-hydrogen) atoms. The lowest BCUT2D eigenvalue weighted by molar-refractivity contribution is -0.121. The van der Waals surface area contributed by atoms with Gasteiger partial charge in [0.1, 0.15) is 11.1 Å². The molecule has 4 rings (SSSR count). The van der Waals surface area contributed by atoms with Crippen molar-refractivity contribution in [1.82, 2.24) is 4.98 Å². The largest absolute Gasteiger partial charge is 0.493 e. The number of methoxy groups -OCH3 is 2. The van der Waals surface area contributed by atoms with Gasteiger partial charge >= 0.3 is 5.97 Å². The van der Waals surface area contributed by atoms with Crippen molar-refractivity contribution in [3.05, 3.63) is 77.0 Å². The quantitative estimate of drug-likeness (QED) is 0.193. The van der Waals surface area contributed by atoms with Crippen LogP contribution < -0.4 is 14.4 Å². The average molecular weight is 574 g/mol. The van der Waals surface area contributed by atoms with E-state index in [1.807, 2.05) is 13.8 Å². The van der Waals surface area contributed by atoms with Crippen LogP contribution in [-0.4, -0.2) is 54.6 Å². The Labute approximate surface area is 241 Å². The highest BCUT2D eigenvalue weighted by molar-refractivity contribution is 8.00. The minimum atomic E-state index is -0.739. The molecule has 0 aliphatic carbocycles. The number of benzene rings is 2. The zero-order chi connectivity index (χ0) is 29.7. The van der Waals surface area contributed by atoms with E-state index in [1.165, 1.54) is 44.6 Å². The molecule has 0 spiro atoms. The third-order valence-electron chi connectivity index (χ3n) is 6.35. The predicted molar refractivity (Wildman–Crippen MR) is 150 cm³/mol. The molecule has 0 saturated carbocycles. The number of hydrogen-bond acceptors (Lipinski definition) is 10. The molecule has 11 heteroatoms. The highest BCUT2D eigenvalue weighted by Gasteiger charge is 2.41. The number of ether oxygens (including phenoxy) is 3. The lowest BCUT2D eigenvalue weighted by Gasteiger charge is -2.16. The number of rotatable bonds is 10. The lowest BCUT2D eigenvalue weighted by Crippen LogP contribution is -2.31. The Bertz CT molecular complexity index is 1550. The molecule has 1 aliphatic rings. The van der Waals surface area contributed by atoms with Crippen molar-refractivity contribution >= 4 is 41.0 Å². The fraction of sp³-hybridized carbons (Fsp3) is 0.267. The highest BCUT2D eigenvalue weighted by Crippen LogP contribution is 2.35. The number of hydrogen-bond donors (Lipinski definition) is 0. The SMILES string of the molecule is COc1ccc(C(=O)COC(=O)c2ccc(N3C(=O)CC(Sc4nc(C(C)C)ccc4C#N)C3=O)cc2)cc1OC. The molecule has 1 aliphatic heterocycles. The van der Waals surface area contributed by atoms with Gasteiger partial charge in [-0.3, -0.25) is 14.4 Å². The van der Waals surface area contributed by atoms with Crippen LogP contribution in [0.2, 0.25) is 0 Å². The number of carbonyl (C=O) groups is 4. The van der Waals surface area contributed by atoms with E-state index in [1.54, 1.807) is 24.3 Å². The number of amides is 2. The molecule has 2 amide bonds. The van der Waals surface area contributed by atoms with E-state index in [4.69, 9.17) is 14.2 Å². The number of aromatic nitrogens is 1. The van der Waals surface area contributed by atoms with Crippen molar-refractivity contribution in [1.29, 1.82) is 5.26 Å². The number of thioether (sulfide) groups is 1. The molecule has 2 heterocycles. The Morgan fingerprint density at radius 2 is 1.71 bits per heavy atom. The second-order valence-corrected chi connectivity index (χ2v) is 10.5. The molecule has 0 radical (unpaired) electrons. The van der Waals surface area contributed by atoms with Gasteiger partial charge in [-0.05, 0) is 60.5 Å². The van der Waals surface area contributed by atoms with Gasteiger partial charge in [-0.25, -0.2) is 14.7 Å². The molecule has 2 aromatic carbocycles. The van der Waals surface area contributed by atoms with Crippen LogP contribution in [0, 0.1) is 11.3 Å². The molecule has 3 aromatic rings. The van der Waals surface area contributed by atoms with E-state index >= 15 is 0 Å². The summed E-state index contributed by atoms with van der Waals surface area (Å²) in [6.07, 6.45) is -0.0516. The smallest absolute Gasteiger partial charge is 0.338 e. The normalized spacial score (nSPS) is 14.6. The van der Waals surface area contributed by atoms with E-state index in [0.29, 0.717) is 27.8 Å². The van der Waals surface area contributed by atoms with Gasteiger partial charge in [0.15, 0.2) is 23.9 Å². The van der Waals surface area contributed by atoms with Crippen LogP contribution in [0.25, 0.3) is 0 Å². The first-order valence-electron chi connectivity index (χ1n) is 12.6. The Morgan fingerprint density at radius 1 is 1.02 bits per heavy atom. The minimum Gasteiger partial charge on any atom is -0.493 e.